The van der Waals surface area contributed by atoms with Crippen LogP contribution in [-0.2, 0) is 4.79 Å². The highest BCUT2D eigenvalue weighted by molar-refractivity contribution is 5.85. The molecule has 20 heavy (non-hydrogen) atoms. The molecule has 2 aliphatic carbocycles. The van der Waals surface area contributed by atoms with Crippen molar-refractivity contribution in [3.63, 3.8) is 0 Å². The Labute approximate surface area is 128 Å². The topological polar surface area (TPSA) is 32.3 Å². The van der Waals surface area contributed by atoms with Gasteiger partial charge in [-0.2, -0.15) is 0 Å². The molecule has 0 radical (unpaired) electrons. The fourth-order valence-corrected chi connectivity index (χ4v) is 4.98. The largest absolute Gasteiger partial charge is 0.342 e. The van der Waals surface area contributed by atoms with Crippen LogP contribution in [0.2, 0.25) is 0 Å². The lowest BCUT2D eigenvalue weighted by molar-refractivity contribution is -0.132. The fraction of sp³-hybridized carbons (Fsp3) is 0.938. The summed E-state index contributed by atoms with van der Waals surface area (Å²) < 4.78 is 0. The number of hydrogen-bond donors (Lipinski definition) is 1. The lowest BCUT2D eigenvalue weighted by Gasteiger charge is -2.25. The molecule has 4 rings (SSSR count). The van der Waals surface area contributed by atoms with Gasteiger partial charge in [-0.1, -0.05) is 12.8 Å². The Morgan fingerprint density at radius 1 is 1.05 bits per heavy atom. The summed E-state index contributed by atoms with van der Waals surface area (Å²) in [6, 6.07) is 0. The van der Waals surface area contributed by atoms with Crippen LogP contribution in [0.3, 0.4) is 0 Å². The zero-order valence-electron chi connectivity index (χ0n) is 12.3. The van der Waals surface area contributed by atoms with Crippen LogP contribution in [0.1, 0.15) is 44.9 Å². The van der Waals surface area contributed by atoms with Gasteiger partial charge in [-0.25, -0.2) is 0 Å². The van der Waals surface area contributed by atoms with E-state index in [1.54, 1.807) is 0 Å². The second kappa shape index (κ2) is 5.49. The van der Waals surface area contributed by atoms with E-state index in [2.05, 4.69) is 10.2 Å². The smallest absolute Gasteiger partial charge is 0.226 e. The van der Waals surface area contributed by atoms with Crippen LogP contribution in [-0.4, -0.2) is 37.0 Å². The average molecular weight is 299 g/mol. The summed E-state index contributed by atoms with van der Waals surface area (Å²) in [5.41, 5.74) is 0.413. The van der Waals surface area contributed by atoms with Crippen molar-refractivity contribution in [2.75, 3.05) is 26.2 Å². The summed E-state index contributed by atoms with van der Waals surface area (Å²) in [5.74, 6) is 2.56. The van der Waals surface area contributed by atoms with E-state index in [1.165, 1.54) is 44.9 Å². The highest BCUT2D eigenvalue weighted by atomic mass is 35.5. The monoisotopic (exact) mass is 298 g/mol. The van der Waals surface area contributed by atoms with Crippen LogP contribution in [0.4, 0.5) is 0 Å². The van der Waals surface area contributed by atoms with Gasteiger partial charge in [-0.15, -0.1) is 12.4 Å². The maximum atomic E-state index is 12.7. The molecule has 1 amide bonds. The molecule has 0 aromatic heterocycles. The minimum absolute atomic E-state index is 0. The number of fused-ring (bicyclic) bond motifs is 1. The molecule has 3 unspecified atom stereocenters. The number of carbonyl (C=O) groups is 1. The molecule has 4 aliphatic rings. The highest BCUT2D eigenvalue weighted by Gasteiger charge is 2.59. The molecule has 1 N–H and O–H groups in total. The van der Waals surface area contributed by atoms with Gasteiger partial charge in [-0.05, 0) is 62.4 Å². The van der Waals surface area contributed by atoms with Gasteiger partial charge in [0.05, 0.1) is 0 Å². The van der Waals surface area contributed by atoms with Gasteiger partial charge in [0.1, 0.15) is 0 Å². The number of nitrogens with zero attached hydrogens (tertiary/aromatic N) is 1. The summed E-state index contributed by atoms with van der Waals surface area (Å²) in [6.07, 6.45) is 9.15. The predicted molar refractivity (Wildman–Crippen MR) is 81.9 cm³/mol. The van der Waals surface area contributed by atoms with Crippen LogP contribution in [0.25, 0.3) is 0 Å². The quantitative estimate of drug-likeness (QED) is 0.806. The Balaban J connectivity index is 0.00000121. The minimum Gasteiger partial charge on any atom is -0.342 e. The number of amides is 1. The van der Waals surface area contributed by atoms with Crippen LogP contribution < -0.4 is 5.32 Å². The lowest BCUT2D eigenvalue weighted by atomic mass is 9.82. The highest BCUT2D eigenvalue weighted by Crippen LogP contribution is 2.59. The van der Waals surface area contributed by atoms with Crippen molar-refractivity contribution >= 4 is 18.3 Å². The van der Waals surface area contributed by atoms with Crippen LogP contribution >= 0.6 is 12.4 Å². The van der Waals surface area contributed by atoms with Crippen molar-refractivity contribution in [2.45, 2.75) is 44.9 Å². The Hall–Kier alpha value is -0.280. The molecule has 114 valence electrons. The first-order valence-electron chi connectivity index (χ1n) is 8.28. The van der Waals surface area contributed by atoms with Crippen molar-refractivity contribution in [2.24, 2.45) is 23.2 Å². The average Bonchev–Trinajstić information content (AvgIpc) is 2.96. The predicted octanol–water partition coefficient (Wildman–Crippen LogP) is 2.45. The summed E-state index contributed by atoms with van der Waals surface area (Å²) in [7, 11) is 0. The van der Waals surface area contributed by atoms with E-state index in [9.17, 15) is 4.79 Å². The minimum atomic E-state index is 0. The zero-order valence-corrected chi connectivity index (χ0v) is 13.1. The Bertz CT molecular complexity index is 367. The second-order valence-corrected chi connectivity index (χ2v) is 7.42. The van der Waals surface area contributed by atoms with E-state index in [-0.39, 0.29) is 12.4 Å². The van der Waals surface area contributed by atoms with Crippen LogP contribution in [0, 0.1) is 23.2 Å². The Morgan fingerprint density at radius 3 is 2.25 bits per heavy atom. The van der Waals surface area contributed by atoms with Crippen molar-refractivity contribution in [1.82, 2.24) is 10.2 Å². The third kappa shape index (κ3) is 2.37. The van der Waals surface area contributed by atoms with E-state index in [4.69, 9.17) is 0 Å². The van der Waals surface area contributed by atoms with Gasteiger partial charge in [0, 0.05) is 19.0 Å². The lowest BCUT2D eigenvalue weighted by Crippen LogP contribution is -2.35. The van der Waals surface area contributed by atoms with Crippen molar-refractivity contribution in [3.05, 3.63) is 0 Å². The SMILES string of the molecule is Cl.O=C(C1CC12CCNCC2)N1CC2CCCCC2C1. The molecule has 4 heteroatoms. The number of hydrogen-bond acceptors (Lipinski definition) is 2. The summed E-state index contributed by atoms with van der Waals surface area (Å²) in [5, 5.41) is 3.43. The summed E-state index contributed by atoms with van der Waals surface area (Å²) in [6.45, 7) is 4.40. The second-order valence-electron chi connectivity index (χ2n) is 7.42. The van der Waals surface area contributed by atoms with Crippen molar-refractivity contribution in [3.8, 4) is 0 Å². The Kier molecular flexibility index (Phi) is 4.02. The Morgan fingerprint density at radius 2 is 1.65 bits per heavy atom. The van der Waals surface area contributed by atoms with Gasteiger partial charge < -0.3 is 10.2 Å². The standard InChI is InChI=1S/C16H26N2O.ClH/c19-15(14-9-16(14)5-7-17-8-6-16)18-10-12-3-1-2-4-13(12)11-18;/h12-14,17H,1-11H2;1H. The molecule has 3 nitrogen and oxygen atoms in total. The molecule has 2 saturated heterocycles. The molecule has 0 aromatic rings. The van der Waals surface area contributed by atoms with E-state index < -0.39 is 0 Å². The first-order chi connectivity index (χ1) is 9.28. The molecular weight excluding hydrogens is 272 g/mol. The number of nitrogens with one attached hydrogen (secondary N) is 1. The van der Waals surface area contributed by atoms with E-state index in [1.807, 2.05) is 0 Å². The number of piperidine rings is 1. The van der Waals surface area contributed by atoms with Crippen LogP contribution in [0.15, 0.2) is 0 Å². The maximum absolute atomic E-state index is 12.7. The van der Waals surface area contributed by atoms with E-state index in [0.29, 0.717) is 17.2 Å². The molecule has 4 fully saturated rings. The number of rotatable bonds is 1. The van der Waals surface area contributed by atoms with E-state index in [0.717, 1.165) is 38.0 Å². The molecule has 1 spiro atoms. The summed E-state index contributed by atoms with van der Waals surface area (Å²) >= 11 is 0. The van der Waals surface area contributed by atoms with Gasteiger partial charge >= 0.3 is 0 Å². The zero-order chi connectivity index (χ0) is 12.9. The molecule has 2 aliphatic heterocycles. The summed E-state index contributed by atoms with van der Waals surface area (Å²) in [4.78, 5) is 15.0. The molecular formula is C16H27ClN2O. The molecule has 3 atom stereocenters. The van der Waals surface area contributed by atoms with Gasteiger partial charge in [0.15, 0.2) is 0 Å². The first kappa shape index (κ1) is 14.6. The van der Waals surface area contributed by atoms with Gasteiger partial charge in [-0.3, -0.25) is 4.79 Å². The van der Waals surface area contributed by atoms with E-state index >= 15 is 0 Å². The molecule has 0 aromatic carbocycles. The number of likely N-dealkylation sites (tertiary alicyclic amines) is 1. The van der Waals surface area contributed by atoms with Gasteiger partial charge in [0.2, 0.25) is 5.91 Å². The number of carbonyl (C=O) groups excluding carboxylic acids is 1. The third-order valence-electron chi connectivity index (χ3n) is 6.38. The third-order valence-corrected chi connectivity index (χ3v) is 6.38. The fourth-order valence-electron chi connectivity index (χ4n) is 4.98. The molecule has 2 heterocycles. The molecule has 0 bridgehead atoms. The molecule has 2 saturated carbocycles. The van der Waals surface area contributed by atoms with Crippen LogP contribution in [0.5, 0.6) is 0 Å². The van der Waals surface area contributed by atoms with Gasteiger partial charge in [0.25, 0.3) is 0 Å². The maximum Gasteiger partial charge on any atom is 0.226 e. The first-order valence-corrected chi connectivity index (χ1v) is 8.28. The normalized spacial score (nSPS) is 38.2. The van der Waals surface area contributed by atoms with Crippen molar-refractivity contribution < 1.29 is 4.79 Å². The van der Waals surface area contributed by atoms with Crippen molar-refractivity contribution in [1.29, 1.82) is 0 Å². The number of halogens is 1.